The fraction of sp³-hybridized carbons (Fsp3) is 0.500. The highest BCUT2D eigenvalue weighted by molar-refractivity contribution is 5.90. The van der Waals surface area contributed by atoms with E-state index in [1.807, 2.05) is 12.1 Å². The maximum Gasteiger partial charge on any atom is 0.337 e. The second-order valence-corrected chi connectivity index (χ2v) is 5.20. The summed E-state index contributed by atoms with van der Waals surface area (Å²) < 4.78 is 4.67. The molecule has 1 aliphatic rings. The molecule has 1 saturated carbocycles. The molecule has 0 bridgehead atoms. The number of benzene rings is 1. The summed E-state index contributed by atoms with van der Waals surface area (Å²) in [5.41, 5.74) is 1.35. The lowest BCUT2D eigenvalue weighted by atomic mass is 10.1. The molecule has 0 radical (unpaired) electrons. The van der Waals surface area contributed by atoms with Crippen LogP contribution < -0.4 is 4.90 Å². The molecule has 0 unspecified atom stereocenters. The van der Waals surface area contributed by atoms with Crippen LogP contribution in [0.15, 0.2) is 24.3 Å². The number of hydrogen-bond acceptors (Lipinski definition) is 3. The van der Waals surface area contributed by atoms with Crippen molar-refractivity contribution < 1.29 is 14.3 Å². The lowest BCUT2D eigenvalue weighted by Gasteiger charge is -2.27. The summed E-state index contributed by atoms with van der Waals surface area (Å²) >= 11 is 0. The van der Waals surface area contributed by atoms with E-state index in [0.717, 1.165) is 24.9 Å². The number of nitrogens with zero attached hydrogens (tertiary/aromatic N) is 1. The summed E-state index contributed by atoms with van der Waals surface area (Å²) in [4.78, 5) is 24.6. The van der Waals surface area contributed by atoms with Gasteiger partial charge in [-0.05, 0) is 37.1 Å². The average molecular weight is 275 g/mol. The van der Waals surface area contributed by atoms with Gasteiger partial charge in [0.2, 0.25) is 6.41 Å². The number of anilines is 1. The zero-order valence-corrected chi connectivity index (χ0v) is 11.9. The third-order valence-corrected chi connectivity index (χ3v) is 3.92. The zero-order valence-electron chi connectivity index (χ0n) is 11.9. The van der Waals surface area contributed by atoms with Gasteiger partial charge in [0.1, 0.15) is 0 Å². The molecule has 0 N–H and O–H groups in total. The van der Waals surface area contributed by atoms with Crippen molar-refractivity contribution in [2.75, 3.05) is 12.0 Å². The van der Waals surface area contributed by atoms with Gasteiger partial charge in [-0.15, -0.1) is 0 Å². The first kappa shape index (κ1) is 14.6. The topological polar surface area (TPSA) is 46.6 Å². The standard InChI is InChI=1S/C16H21NO3/c1-20-16(19)13-8-10-15(11-9-13)17(12-18)14-6-4-2-3-5-7-14/h8-12,14H,2-7H2,1H3. The van der Waals surface area contributed by atoms with Crippen LogP contribution in [0, 0.1) is 0 Å². The van der Waals surface area contributed by atoms with Gasteiger partial charge in [-0.25, -0.2) is 4.79 Å². The monoisotopic (exact) mass is 275 g/mol. The molecule has 0 aliphatic heterocycles. The smallest absolute Gasteiger partial charge is 0.337 e. The van der Waals surface area contributed by atoms with Crippen LogP contribution in [0.2, 0.25) is 0 Å². The summed E-state index contributed by atoms with van der Waals surface area (Å²) in [5, 5.41) is 0. The molecule has 4 nitrogen and oxygen atoms in total. The molecule has 1 aromatic rings. The Hall–Kier alpha value is -1.84. The summed E-state index contributed by atoms with van der Waals surface area (Å²) in [5.74, 6) is -0.358. The van der Waals surface area contributed by atoms with E-state index in [4.69, 9.17) is 0 Å². The minimum Gasteiger partial charge on any atom is -0.465 e. The summed E-state index contributed by atoms with van der Waals surface area (Å²) in [6.45, 7) is 0. The van der Waals surface area contributed by atoms with Crippen LogP contribution in [0.4, 0.5) is 5.69 Å². The van der Waals surface area contributed by atoms with Crippen molar-refractivity contribution in [3.8, 4) is 0 Å². The fourth-order valence-corrected chi connectivity index (χ4v) is 2.78. The Morgan fingerprint density at radius 1 is 1.15 bits per heavy atom. The highest BCUT2D eigenvalue weighted by atomic mass is 16.5. The van der Waals surface area contributed by atoms with E-state index in [2.05, 4.69) is 4.74 Å². The molecule has 1 amide bonds. The Kier molecular flexibility index (Phi) is 5.16. The maximum absolute atomic E-state index is 11.4. The molecule has 4 heteroatoms. The first-order valence-electron chi connectivity index (χ1n) is 7.18. The molecule has 1 aromatic carbocycles. The first-order valence-corrected chi connectivity index (χ1v) is 7.18. The largest absolute Gasteiger partial charge is 0.465 e. The molecular weight excluding hydrogens is 254 g/mol. The number of carbonyl (C=O) groups excluding carboxylic acids is 2. The quantitative estimate of drug-likeness (QED) is 0.482. The van der Waals surface area contributed by atoms with Crippen LogP contribution >= 0.6 is 0 Å². The van der Waals surface area contributed by atoms with Gasteiger partial charge in [0.05, 0.1) is 12.7 Å². The van der Waals surface area contributed by atoms with E-state index in [1.54, 1.807) is 17.0 Å². The maximum atomic E-state index is 11.4. The van der Waals surface area contributed by atoms with E-state index >= 15 is 0 Å². The third-order valence-electron chi connectivity index (χ3n) is 3.92. The minimum absolute atomic E-state index is 0.277. The van der Waals surface area contributed by atoms with Gasteiger partial charge in [0.25, 0.3) is 0 Å². The van der Waals surface area contributed by atoms with Crippen molar-refractivity contribution in [2.24, 2.45) is 0 Å². The molecular formula is C16H21NO3. The van der Waals surface area contributed by atoms with Crippen molar-refractivity contribution in [2.45, 2.75) is 44.6 Å². The van der Waals surface area contributed by atoms with Crippen molar-refractivity contribution in [3.05, 3.63) is 29.8 Å². The van der Waals surface area contributed by atoms with Crippen molar-refractivity contribution in [3.63, 3.8) is 0 Å². The van der Waals surface area contributed by atoms with E-state index in [9.17, 15) is 9.59 Å². The van der Waals surface area contributed by atoms with Crippen LogP contribution in [0.25, 0.3) is 0 Å². The Morgan fingerprint density at radius 2 is 1.75 bits per heavy atom. The highest BCUT2D eigenvalue weighted by Crippen LogP contribution is 2.26. The zero-order chi connectivity index (χ0) is 14.4. The molecule has 0 heterocycles. The average Bonchev–Trinajstić information content (AvgIpc) is 2.77. The number of amides is 1. The summed E-state index contributed by atoms with van der Waals surface area (Å²) in [7, 11) is 1.36. The van der Waals surface area contributed by atoms with Gasteiger partial charge >= 0.3 is 5.97 Å². The van der Waals surface area contributed by atoms with Gasteiger partial charge < -0.3 is 9.64 Å². The molecule has 1 fully saturated rings. The predicted octanol–water partition coefficient (Wildman–Crippen LogP) is 3.16. The number of esters is 1. The second-order valence-electron chi connectivity index (χ2n) is 5.20. The Labute approximate surface area is 119 Å². The Bertz CT molecular complexity index is 447. The highest BCUT2D eigenvalue weighted by Gasteiger charge is 2.20. The van der Waals surface area contributed by atoms with Crippen LogP contribution in [-0.2, 0) is 9.53 Å². The molecule has 1 aliphatic carbocycles. The lowest BCUT2D eigenvalue weighted by Crippen LogP contribution is -2.33. The number of carbonyl (C=O) groups is 2. The molecule has 108 valence electrons. The lowest BCUT2D eigenvalue weighted by molar-refractivity contribution is -0.107. The molecule has 0 saturated heterocycles. The van der Waals surface area contributed by atoms with Crippen molar-refractivity contribution >= 4 is 18.1 Å². The van der Waals surface area contributed by atoms with Crippen molar-refractivity contribution in [1.29, 1.82) is 0 Å². The number of methoxy groups -OCH3 is 1. The Balaban J connectivity index is 2.14. The van der Waals surface area contributed by atoms with E-state index in [1.165, 1.54) is 32.8 Å². The summed E-state index contributed by atoms with van der Waals surface area (Å²) in [6, 6.07) is 7.30. The second kappa shape index (κ2) is 7.08. The van der Waals surface area contributed by atoms with E-state index in [0.29, 0.717) is 5.56 Å². The van der Waals surface area contributed by atoms with Gasteiger partial charge in [-0.2, -0.15) is 0 Å². The van der Waals surface area contributed by atoms with Crippen LogP contribution in [0.3, 0.4) is 0 Å². The normalized spacial score (nSPS) is 16.2. The van der Waals surface area contributed by atoms with E-state index in [-0.39, 0.29) is 12.0 Å². The van der Waals surface area contributed by atoms with E-state index < -0.39 is 0 Å². The third kappa shape index (κ3) is 3.38. The molecule has 0 atom stereocenters. The molecule has 20 heavy (non-hydrogen) atoms. The number of rotatable bonds is 4. The van der Waals surface area contributed by atoms with Gasteiger partial charge in [-0.3, -0.25) is 4.79 Å². The van der Waals surface area contributed by atoms with Crippen LogP contribution in [-0.4, -0.2) is 25.5 Å². The molecule has 0 aromatic heterocycles. The van der Waals surface area contributed by atoms with Gasteiger partial charge in [-0.1, -0.05) is 25.7 Å². The predicted molar refractivity (Wildman–Crippen MR) is 77.8 cm³/mol. The molecule has 2 rings (SSSR count). The fourth-order valence-electron chi connectivity index (χ4n) is 2.78. The SMILES string of the molecule is COC(=O)c1ccc(N(C=O)C2CCCCCC2)cc1. The van der Waals surface area contributed by atoms with Crippen LogP contribution in [0.5, 0.6) is 0 Å². The Morgan fingerprint density at radius 3 is 2.25 bits per heavy atom. The molecule has 0 spiro atoms. The summed E-state index contributed by atoms with van der Waals surface area (Å²) in [6.07, 6.45) is 7.87. The van der Waals surface area contributed by atoms with Gasteiger partial charge in [0.15, 0.2) is 0 Å². The van der Waals surface area contributed by atoms with Crippen molar-refractivity contribution in [1.82, 2.24) is 0 Å². The number of ether oxygens (including phenoxy) is 1. The minimum atomic E-state index is -0.358. The first-order chi connectivity index (χ1) is 9.76. The van der Waals surface area contributed by atoms with Crippen LogP contribution in [0.1, 0.15) is 48.9 Å². The number of hydrogen-bond donors (Lipinski definition) is 0. The van der Waals surface area contributed by atoms with Gasteiger partial charge in [0, 0.05) is 11.7 Å².